The molecule has 5 heteroatoms. The molecule has 1 rings (SSSR count). The zero-order chi connectivity index (χ0) is 17.5. The van der Waals surface area contributed by atoms with Crippen molar-refractivity contribution < 1.29 is 9.53 Å². The van der Waals surface area contributed by atoms with Gasteiger partial charge in [0.25, 0.3) is 0 Å². The molecule has 0 aromatic heterocycles. The van der Waals surface area contributed by atoms with Crippen molar-refractivity contribution in [2.45, 2.75) is 66.0 Å². The molecule has 0 radical (unpaired) electrons. The van der Waals surface area contributed by atoms with Gasteiger partial charge in [0.1, 0.15) is 5.60 Å². The highest BCUT2D eigenvalue weighted by Crippen LogP contribution is 2.19. The summed E-state index contributed by atoms with van der Waals surface area (Å²) in [6.45, 7) is 18.0. The molecule has 0 aromatic rings. The fraction of sp³-hybridized carbons (Fsp3) is 0.944. The van der Waals surface area contributed by atoms with E-state index in [2.05, 4.69) is 24.1 Å². The van der Waals surface area contributed by atoms with Crippen molar-refractivity contribution in [1.82, 2.24) is 15.1 Å². The second-order valence-electron chi connectivity index (χ2n) is 7.60. The van der Waals surface area contributed by atoms with E-state index >= 15 is 0 Å². The third-order valence-electron chi connectivity index (χ3n) is 4.58. The van der Waals surface area contributed by atoms with Crippen LogP contribution in [-0.4, -0.2) is 66.8 Å². The van der Waals surface area contributed by atoms with Crippen molar-refractivity contribution in [3.05, 3.63) is 0 Å². The van der Waals surface area contributed by atoms with Gasteiger partial charge in [-0.25, -0.2) is 4.79 Å². The molecule has 0 aromatic carbocycles. The lowest BCUT2D eigenvalue weighted by Gasteiger charge is -2.36. The van der Waals surface area contributed by atoms with E-state index in [1.165, 1.54) is 25.9 Å². The van der Waals surface area contributed by atoms with Crippen LogP contribution in [0.25, 0.3) is 0 Å². The summed E-state index contributed by atoms with van der Waals surface area (Å²) in [5.74, 6) is 0.709. The van der Waals surface area contributed by atoms with Crippen molar-refractivity contribution in [1.29, 1.82) is 0 Å². The predicted octanol–water partition coefficient (Wildman–Crippen LogP) is 2.95. The van der Waals surface area contributed by atoms with Crippen LogP contribution in [0.15, 0.2) is 0 Å². The van der Waals surface area contributed by atoms with Crippen LogP contribution in [0.4, 0.5) is 4.79 Å². The number of rotatable bonds is 7. The highest BCUT2D eigenvalue weighted by molar-refractivity contribution is 5.68. The van der Waals surface area contributed by atoms with Crippen LogP contribution >= 0.6 is 0 Å². The molecule has 0 aliphatic carbocycles. The normalized spacial score (nSPS) is 21.0. The van der Waals surface area contributed by atoms with Gasteiger partial charge in [0.05, 0.1) is 0 Å². The average Bonchev–Trinajstić information content (AvgIpc) is 2.49. The Labute approximate surface area is 142 Å². The number of nitrogens with one attached hydrogen (secondary N) is 1. The van der Waals surface area contributed by atoms with Crippen molar-refractivity contribution in [3.63, 3.8) is 0 Å². The first-order chi connectivity index (χ1) is 10.8. The van der Waals surface area contributed by atoms with Crippen LogP contribution in [0.3, 0.4) is 0 Å². The van der Waals surface area contributed by atoms with Gasteiger partial charge in [0, 0.05) is 32.2 Å². The van der Waals surface area contributed by atoms with Gasteiger partial charge in [-0.05, 0) is 66.5 Å². The largest absolute Gasteiger partial charge is 0.444 e. The van der Waals surface area contributed by atoms with Gasteiger partial charge < -0.3 is 19.9 Å². The molecule has 1 heterocycles. The number of amides is 1. The topological polar surface area (TPSA) is 44.8 Å². The summed E-state index contributed by atoms with van der Waals surface area (Å²) in [5.41, 5.74) is -0.434. The van der Waals surface area contributed by atoms with Gasteiger partial charge in [-0.2, -0.15) is 0 Å². The fourth-order valence-electron chi connectivity index (χ4n) is 3.09. The first kappa shape index (κ1) is 20.2. The number of hydrogen-bond donors (Lipinski definition) is 1. The molecule has 5 nitrogen and oxygen atoms in total. The first-order valence-corrected chi connectivity index (χ1v) is 9.20. The molecule has 1 aliphatic rings. The van der Waals surface area contributed by atoms with Crippen LogP contribution < -0.4 is 5.32 Å². The molecule has 0 saturated carbocycles. The summed E-state index contributed by atoms with van der Waals surface area (Å²) >= 11 is 0. The smallest absolute Gasteiger partial charge is 0.410 e. The Hall–Kier alpha value is -0.810. The minimum absolute atomic E-state index is 0.218. The fourth-order valence-corrected chi connectivity index (χ4v) is 3.09. The Morgan fingerprint density at radius 2 is 2.09 bits per heavy atom. The Bertz CT molecular complexity index is 355. The first-order valence-electron chi connectivity index (χ1n) is 9.20. The predicted molar refractivity (Wildman–Crippen MR) is 95.8 cm³/mol. The summed E-state index contributed by atoms with van der Waals surface area (Å²) in [4.78, 5) is 16.4. The number of nitrogens with zero attached hydrogens (tertiary/aromatic N) is 2. The second-order valence-corrected chi connectivity index (χ2v) is 7.60. The quantitative estimate of drug-likeness (QED) is 0.781. The number of piperidine rings is 1. The van der Waals surface area contributed by atoms with E-state index in [-0.39, 0.29) is 6.09 Å². The lowest BCUT2D eigenvalue weighted by molar-refractivity contribution is 0.0259. The summed E-state index contributed by atoms with van der Waals surface area (Å²) < 4.78 is 5.45. The van der Waals surface area contributed by atoms with E-state index in [4.69, 9.17) is 4.74 Å². The van der Waals surface area contributed by atoms with Gasteiger partial charge in [-0.1, -0.05) is 6.92 Å². The van der Waals surface area contributed by atoms with E-state index in [1.54, 1.807) is 4.90 Å². The third-order valence-corrected chi connectivity index (χ3v) is 4.58. The van der Waals surface area contributed by atoms with Crippen LogP contribution in [-0.2, 0) is 4.74 Å². The number of hydrogen-bond acceptors (Lipinski definition) is 4. The molecule has 1 saturated heterocycles. The number of likely N-dealkylation sites (tertiary alicyclic amines) is 1. The van der Waals surface area contributed by atoms with Gasteiger partial charge in [-0.15, -0.1) is 0 Å². The van der Waals surface area contributed by atoms with Crippen LogP contribution in [0.1, 0.15) is 54.4 Å². The van der Waals surface area contributed by atoms with Gasteiger partial charge >= 0.3 is 6.09 Å². The molecule has 1 aliphatic heterocycles. The van der Waals surface area contributed by atoms with Crippen molar-refractivity contribution in [2.24, 2.45) is 5.92 Å². The monoisotopic (exact) mass is 327 g/mol. The third kappa shape index (κ3) is 7.53. The van der Waals surface area contributed by atoms with E-state index in [0.717, 1.165) is 13.1 Å². The maximum Gasteiger partial charge on any atom is 0.410 e. The maximum absolute atomic E-state index is 12.1. The molecule has 23 heavy (non-hydrogen) atoms. The van der Waals surface area contributed by atoms with Crippen molar-refractivity contribution in [3.8, 4) is 0 Å². The van der Waals surface area contributed by atoms with E-state index in [9.17, 15) is 4.79 Å². The van der Waals surface area contributed by atoms with Crippen molar-refractivity contribution >= 4 is 6.09 Å². The summed E-state index contributed by atoms with van der Waals surface area (Å²) in [6, 6.07) is 0.488. The highest BCUT2D eigenvalue weighted by atomic mass is 16.6. The van der Waals surface area contributed by atoms with Gasteiger partial charge in [-0.3, -0.25) is 0 Å². The minimum Gasteiger partial charge on any atom is -0.444 e. The summed E-state index contributed by atoms with van der Waals surface area (Å²) in [6.07, 6.45) is 2.38. The molecule has 1 fully saturated rings. The molecular weight excluding hydrogens is 290 g/mol. The Morgan fingerprint density at radius 3 is 2.65 bits per heavy atom. The standard InChI is InChI=1S/C18H37N3O2/c1-7-20-12-9-10-16(14-20)15(3)19-11-13-21(8-2)17(22)23-18(4,5)6/h15-16,19H,7-14H2,1-6H3. The summed E-state index contributed by atoms with van der Waals surface area (Å²) in [5, 5.41) is 3.60. The second kappa shape index (κ2) is 9.48. The number of ether oxygens (including phenoxy) is 1. The van der Waals surface area contributed by atoms with Crippen LogP contribution in [0.5, 0.6) is 0 Å². The molecule has 1 N–H and O–H groups in total. The lowest BCUT2D eigenvalue weighted by Crippen LogP contribution is -2.47. The van der Waals surface area contributed by atoms with Gasteiger partial charge in [0.2, 0.25) is 0 Å². The Morgan fingerprint density at radius 1 is 1.39 bits per heavy atom. The van der Waals surface area contributed by atoms with E-state index in [1.807, 2.05) is 27.7 Å². The van der Waals surface area contributed by atoms with E-state index < -0.39 is 5.60 Å². The zero-order valence-electron chi connectivity index (χ0n) is 16.0. The lowest BCUT2D eigenvalue weighted by atomic mass is 9.91. The molecule has 0 bridgehead atoms. The molecular formula is C18H37N3O2. The molecule has 136 valence electrons. The number of carbonyl (C=O) groups is 1. The molecule has 1 amide bonds. The minimum atomic E-state index is -0.434. The zero-order valence-corrected chi connectivity index (χ0v) is 16.0. The van der Waals surface area contributed by atoms with Crippen LogP contribution in [0, 0.1) is 5.92 Å². The summed E-state index contributed by atoms with van der Waals surface area (Å²) in [7, 11) is 0. The average molecular weight is 328 g/mol. The molecule has 2 atom stereocenters. The Balaban J connectivity index is 2.34. The van der Waals surface area contributed by atoms with Gasteiger partial charge in [0.15, 0.2) is 0 Å². The van der Waals surface area contributed by atoms with Crippen LogP contribution in [0.2, 0.25) is 0 Å². The number of carbonyl (C=O) groups excluding carboxylic acids is 1. The van der Waals surface area contributed by atoms with E-state index in [0.29, 0.717) is 25.0 Å². The maximum atomic E-state index is 12.1. The highest BCUT2D eigenvalue weighted by Gasteiger charge is 2.24. The molecule has 0 spiro atoms. The number of likely N-dealkylation sites (N-methyl/N-ethyl adjacent to an activating group) is 1. The molecule has 2 unspecified atom stereocenters. The Kier molecular flexibility index (Phi) is 8.34. The van der Waals surface area contributed by atoms with Crippen molar-refractivity contribution in [2.75, 3.05) is 39.3 Å². The SMILES string of the molecule is CCN1CCCC(C(C)NCCN(CC)C(=O)OC(C)(C)C)C1.